The van der Waals surface area contributed by atoms with Gasteiger partial charge in [-0.15, -0.1) is 0 Å². The van der Waals surface area contributed by atoms with Crippen LogP contribution < -0.4 is 10.2 Å². The minimum absolute atomic E-state index is 0.0196. The zero-order valence-corrected chi connectivity index (χ0v) is 18.1. The lowest BCUT2D eigenvalue weighted by molar-refractivity contribution is -0.119. The maximum absolute atomic E-state index is 13.4. The molecule has 2 amide bonds. The van der Waals surface area contributed by atoms with Crippen molar-refractivity contribution in [2.24, 2.45) is 0 Å². The Morgan fingerprint density at radius 1 is 1.17 bits per heavy atom. The van der Waals surface area contributed by atoms with Crippen LogP contribution in [-0.4, -0.2) is 39.7 Å². The summed E-state index contributed by atoms with van der Waals surface area (Å²) < 4.78 is 1.93. The first-order valence-electron chi connectivity index (χ1n) is 10.3. The van der Waals surface area contributed by atoms with Gasteiger partial charge in [-0.25, -0.2) is 4.98 Å². The van der Waals surface area contributed by atoms with Gasteiger partial charge in [0.1, 0.15) is 6.54 Å². The van der Waals surface area contributed by atoms with Crippen LogP contribution in [0.25, 0.3) is 11.0 Å². The van der Waals surface area contributed by atoms with Gasteiger partial charge in [0.2, 0.25) is 11.8 Å². The molecule has 0 unspecified atom stereocenters. The molecule has 30 heavy (non-hydrogen) atoms. The fourth-order valence-electron chi connectivity index (χ4n) is 3.92. The molecule has 0 radical (unpaired) electrons. The molecule has 1 aliphatic heterocycles. The highest BCUT2D eigenvalue weighted by Gasteiger charge is 2.31. The first kappa shape index (κ1) is 20.5. The SMILES string of the molecule is CCCNC(=O)CSc1nc2ccccc2n1CC(=O)N1c2ccccc2C[C@@H]1C. The van der Waals surface area contributed by atoms with Gasteiger partial charge in [-0.3, -0.25) is 9.59 Å². The number of amides is 2. The number of carbonyl (C=O) groups is 2. The summed E-state index contributed by atoms with van der Waals surface area (Å²) in [5, 5.41) is 3.58. The third-order valence-electron chi connectivity index (χ3n) is 5.29. The number of para-hydroxylation sites is 3. The topological polar surface area (TPSA) is 67.2 Å². The lowest BCUT2D eigenvalue weighted by Gasteiger charge is -2.23. The number of nitrogens with one attached hydrogen (secondary N) is 1. The molecule has 4 rings (SSSR count). The Hall–Kier alpha value is -2.80. The van der Waals surface area contributed by atoms with Crippen molar-refractivity contribution >= 4 is 40.3 Å². The van der Waals surface area contributed by atoms with Crippen molar-refractivity contribution in [3.05, 3.63) is 54.1 Å². The van der Waals surface area contributed by atoms with Crippen molar-refractivity contribution in [2.75, 3.05) is 17.2 Å². The molecule has 0 saturated carbocycles. The summed E-state index contributed by atoms with van der Waals surface area (Å²) in [4.78, 5) is 32.0. The maximum atomic E-state index is 13.4. The van der Waals surface area contributed by atoms with Gasteiger partial charge >= 0.3 is 0 Å². The van der Waals surface area contributed by atoms with Crippen LogP contribution in [0.4, 0.5) is 5.69 Å². The number of benzene rings is 2. The Bertz CT molecular complexity index is 1080. The zero-order chi connectivity index (χ0) is 21.1. The van der Waals surface area contributed by atoms with E-state index in [-0.39, 0.29) is 30.2 Å². The van der Waals surface area contributed by atoms with E-state index in [0.717, 1.165) is 29.6 Å². The minimum atomic E-state index is -0.0196. The standard InChI is InChI=1S/C23H26N4O2S/c1-3-12-24-21(28)15-30-23-25-18-9-5-7-11-20(18)26(23)14-22(29)27-16(2)13-17-8-4-6-10-19(17)27/h4-11,16H,3,12-15H2,1-2H3,(H,24,28)/t16-/m0/s1. The van der Waals surface area contributed by atoms with Crippen LogP contribution in [0.15, 0.2) is 53.7 Å². The van der Waals surface area contributed by atoms with Gasteiger partial charge in [0, 0.05) is 18.3 Å². The first-order valence-corrected chi connectivity index (χ1v) is 11.3. The summed E-state index contributed by atoms with van der Waals surface area (Å²) in [6.45, 7) is 4.96. The Balaban J connectivity index is 1.59. The third kappa shape index (κ3) is 4.07. The van der Waals surface area contributed by atoms with Crippen molar-refractivity contribution < 1.29 is 9.59 Å². The van der Waals surface area contributed by atoms with E-state index in [2.05, 4.69) is 23.3 Å². The van der Waals surface area contributed by atoms with Crippen LogP contribution in [0, 0.1) is 0 Å². The summed E-state index contributed by atoms with van der Waals surface area (Å²) in [5.74, 6) is 0.294. The molecule has 1 aromatic heterocycles. The van der Waals surface area contributed by atoms with Gasteiger partial charge in [0.15, 0.2) is 5.16 Å². The smallest absolute Gasteiger partial charge is 0.247 e. The quantitative estimate of drug-likeness (QED) is 0.591. The van der Waals surface area contributed by atoms with Gasteiger partial charge in [-0.1, -0.05) is 49.0 Å². The second-order valence-corrected chi connectivity index (χ2v) is 8.50. The molecule has 0 spiro atoms. The summed E-state index contributed by atoms with van der Waals surface area (Å²) in [6, 6.07) is 16.0. The first-order chi connectivity index (χ1) is 14.6. The highest BCUT2D eigenvalue weighted by Crippen LogP contribution is 2.33. The second-order valence-electron chi connectivity index (χ2n) is 7.55. The number of carbonyl (C=O) groups excluding carboxylic acids is 2. The van der Waals surface area contributed by atoms with E-state index >= 15 is 0 Å². The average Bonchev–Trinajstić information content (AvgIpc) is 3.27. The molecule has 0 fully saturated rings. The summed E-state index contributed by atoms with van der Waals surface area (Å²) >= 11 is 1.37. The van der Waals surface area contributed by atoms with E-state index < -0.39 is 0 Å². The molecule has 0 saturated heterocycles. The van der Waals surface area contributed by atoms with Gasteiger partial charge in [-0.2, -0.15) is 0 Å². The van der Waals surface area contributed by atoms with Crippen molar-refractivity contribution in [3.8, 4) is 0 Å². The third-order valence-corrected chi connectivity index (χ3v) is 6.27. The molecule has 0 aliphatic carbocycles. The highest BCUT2D eigenvalue weighted by molar-refractivity contribution is 7.99. The van der Waals surface area contributed by atoms with Crippen LogP contribution in [0.2, 0.25) is 0 Å². The van der Waals surface area contributed by atoms with Crippen molar-refractivity contribution in [3.63, 3.8) is 0 Å². The number of nitrogens with zero attached hydrogens (tertiary/aromatic N) is 3. The van der Waals surface area contributed by atoms with Crippen LogP contribution in [0.3, 0.4) is 0 Å². The van der Waals surface area contributed by atoms with Crippen molar-refractivity contribution in [1.29, 1.82) is 0 Å². The number of aromatic nitrogens is 2. The van der Waals surface area contributed by atoms with Crippen LogP contribution in [0.5, 0.6) is 0 Å². The van der Waals surface area contributed by atoms with Crippen LogP contribution in [-0.2, 0) is 22.6 Å². The van der Waals surface area contributed by atoms with E-state index in [1.807, 2.05) is 58.9 Å². The molecular weight excluding hydrogens is 396 g/mol. The van der Waals surface area contributed by atoms with Gasteiger partial charge < -0.3 is 14.8 Å². The number of hydrogen-bond acceptors (Lipinski definition) is 4. The van der Waals surface area contributed by atoms with Crippen molar-refractivity contribution in [1.82, 2.24) is 14.9 Å². The Morgan fingerprint density at radius 3 is 2.77 bits per heavy atom. The predicted octanol–water partition coefficient (Wildman–Crippen LogP) is 3.63. The molecule has 1 N–H and O–H groups in total. The molecule has 1 atom stereocenters. The Labute approximate surface area is 180 Å². The minimum Gasteiger partial charge on any atom is -0.355 e. The van der Waals surface area contributed by atoms with Gasteiger partial charge in [-0.05, 0) is 43.5 Å². The largest absolute Gasteiger partial charge is 0.355 e. The summed E-state index contributed by atoms with van der Waals surface area (Å²) in [5.41, 5.74) is 3.93. The van der Waals surface area contributed by atoms with Gasteiger partial charge in [0.25, 0.3) is 0 Å². The Kier molecular flexibility index (Phi) is 6.08. The number of anilines is 1. The molecule has 2 aromatic carbocycles. The summed E-state index contributed by atoms with van der Waals surface area (Å²) in [6.07, 6.45) is 1.77. The molecule has 6 nitrogen and oxygen atoms in total. The number of imidazole rings is 1. The zero-order valence-electron chi connectivity index (χ0n) is 17.3. The van der Waals surface area contributed by atoms with Crippen LogP contribution >= 0.6 is 11.8 Å². The lowest BCUT2D eigenvalue weighted by Crippen LogP contribution is -2.38. The highest BCUT2D eigenvalue weighted by atomic mass is 32.2. The molecular formula is C23H26N4O2S. The number of rotatable bonds is 7. The fourth-order valence-corrected chi connectivity index (χ4v) is 4.76. The monoisotopic (exact) mass is 422 g/mol. The van der Waals surface area contributed by atoms with E-state index in [9.17, 15) is 9.59 Å². The summed E-state index contributed by atoms with van der Waals surface area (Å²) in [7, 11) is 0. The molecule has 1 aliphatic rings. The number of thioether (sulfide) groups is 1. The van der Waals surface area contributed by atoms with E-state index in [0.29, 0.717) is 11.7 Å². The van der Waals surface area contributed by atoms with Gasteiger partial charge in [0.05, 0.1) is 16.8 Å². The molecule has 3 aromatic rings. The molecule has 2 heterocycles. The maximum Gasteiger partial charge on any atom is 0.247 e. The fraction of sp³-hybridized carbons (Fsp3) is 0.348. The normalized spacial score (nSPS) is 15.4. The molecule has 156 valence electrons. The lowest BCUT2D eigenvalue weighted by atomic mass is 10.1. The van der Waals surface area contributed by atoms with E-state index in [1.54, 1.807) is 0 Å². The average molecular weight is 423 g/mol. The predicted molar refractivity (Wildman–Crippen MR) is 121 cm³/mol. The second kappa shape index (κ2) is 8.92. The van der Waals surface area contributed by atoms with E-state index in [1.165, 1.54) is 17.3 Å². The molecule has 7 heteroatoms. The van der Waals surface area contributed by atoms with Crippen molar-refractivity contribution in [2.45, 2.75) is 44.4 Å². The Morgan fingerprint density at radius 2 is 1.93 bits per heavy atom. The molecule has 0 bridgehead atoms. The number of fused-ring (bicyclic) bond motifs is 2. The number of hydrogen-bond donors (Lipinski definition) is 1. The van der Waals surface area contributed by atoms with Crippen LogP contribution in [0.1, 0.15) is 25.8 Å². The van der Waals surface area contributed by atoms with E-state index in [4.69, 9.17) is 0 Å².